The fraction of sp³-hybridized carbons (Fsp3) is 0.857. The lowest BCUT2D eigenvalue weighted by Crippen LogP contribution is -2.12. The zero-order valence-corrected chi connectivity index (χ0v) is 6.68. The molecule has 0 unspecified atom stereocenters. The lowest BCUT2D eigenvalue weighted by atomic mass is 10.2. The van der Waals surface area contributed by atoms with Gasteiger partial charge in [0.2, 0.25) is 0 Å². The van der Waals surface area contributed by atoms with Crippen molar-refractivity contribution in [3.05, 3.63) is 0 Å². The van der Waals surface area contributed by atoms with Gasteiger partial charge in [-0.2, -0.15) is 0 Å². The maximum Gasteiger partial charge on any atom is 0.402 e. The van der Waals surface area contributed by atoms with Gasteiger partial charge < -0.3 is 16.2 Å². The lowest BCUT2D eigenvalue weighted by Gasteiger charge is -1.91. The molecule has 4 heteroatoms. The van der Waals surface area contributed by atoms with Gasteiger partial charge in [0.15, 0.2) is 0 Å². The molecule has 0 aromatic carbocycles. The number of carbonyl (C=O) groups is 1. The van der Waals surface area contributed by atoms with Gasteiger partial charge >= 0.3 is 6.09 Å². The van der Waals surface area contributed by atoms with Crippen LogP contribution in [-0.4, -0.2) is 24.3 Å². The van der Waals surface area contributed by atoms with Crippen LogP contribution in [-0.2, 0) is 0 Å². The van der Waals surface area contributed by atoms with Crippen molar-refractivity contribution in [2.24, 2.45) is 5.73 Å². The Morgan fingerprint density at radius 1 is 1.18 bits per heavy atom. The van der Waals surface area contributed by atoms with Gasteiger partial charge in [-0.15, -0.1) is 0 Å². The highest BCUT2D eigenvalue weighted by Crippen LogP contribution is 2.00. The van der Waals surface area contributed by atoms with Crippen LogP contribution >= 0.6 is 0 Å². The molecule has 0 aliphatic carbocycles. The number of carboxylic acid groups (broad SMARTS) is 1. The molecule has 1 rings (SSSR count). The standard InChI is InChI=1S/C6H13N.CH3NO2/c1-2-4-6-7-5-3-1;2-1(3)4/h7H,1-6H2;2H2,(H,3,4). The summed E-state index contributed by atoms with van der Waals surface area (Å²) in [7, 11) is 0. The molecule has 0 radical (unpaired) electrons. The second-order valence-electron chi connectivity index (χ2n) is 2.50. The zero-order chi connectivity index (χ0) is 8.53. The number of nitrogens with two attached hydrogens (primary N) is 1. The van der Waals surface area contributed by atoms with Gasteiger partial charge in [0.25, 0.3) is 0 Å². The Hall–Kier alpha value is -0.770. The first-order valence-electron chi connectivity index (χ1n) is 3.92. The second-order valence-corrected chi connectivity index (χ2v) is 2.50. The Labute approximate surface area is 66.8 Å². The third-order valence-electron chi connectivity index (χ3n) is 1.46. The fourth-order valence-electron chi connectivity index (χ4n) is 0.979. The number of nitrogens with one attached hydrogen (secondary N) is 1. The maximum atomic E-state index is 8.78. The largest absolute Gasteiger partial charge is 0.465 e. The minimum Gasteiger partial charge on any atom is -0.465 e. The van der Waals surface area contributed by atoms with Gasteiger partial charge in [-0.05, 0) is 25.9 Å². The van der Waals surface area contributed by atoms with E-state index in [2.05, 4.69) is 11.1 Å². The topological polar surface area (TPSA) is 75.3 Å². The molecule has 1 aliphatic heterocycles. The van der Waals surface area contributed by atoms with Crippen molar-refractivity contribution in [1.82, 2.24) is 5.32 Å². The van der Waals surface area contributed by atoms with E-state index in [0.29, 0.717) is 0 Å². The first kappa shape index (κ1) is 10.2. The molecular formula is C7H16N2O2. The average Bonchev–Trinajstić information content (AvgIpc) is 2.13. The highest BCUT2D eigenvalue weighted by atomic mass is 16.4. The monoisotopic (exact) mass is 160 g/mol. The summed E-state index contributed by atoms with van der Waals surface area (Å²) in [5.74, 6) is 0. The van der Waals surface area contributed by atoms with Gasteiger partial charge in [-0.3, -0.25) is 0 Å². The maximum absolute atomic E-state index is 8.78. The van der Waals surface area contributed by atoms with Crippen molar-refractivity contribution < 1.29 is 9.90 Å². The minimum atomic E-state index is -1.33. The van der Waals surface area contributed by atoms with Gasteiger partial charge in [-0.25, -0.2) is 4.79 Å². The minimum absolute atomic E-state index is 1.25. The van der Waals surface area contributed by atoms with Crippen LogP contribution in [0.15, 0.2) is 0 Å². The molecule has 0 spiro atoms. The van der Waals surface area contributed by atoms with E-state index in [1.165, 1.54) is 38.8 Å². The van der Waals surface area contributed by atoms with Crippen LogP contribution in [0.3, 0.4) is 0 Å². The summed E-state index contributed by atoms with van der Waals surface area (Å²) in [6.45, 7) is 2.50. The summed E-state index contributed by atoms with van der Waals surface area (Å²) >= 11 is 0. The van der Waals surface area contributed by atoms with E-state index in [0.717, 1.165) is 0 Å². The van der Waals surface area contributed by atoms with Gasteiger partial charge in [0.1, 0.15) is 0 Å². The quantitative estimate of drug-likeness (QED) is 0.490. The van der Waals surface area contributed by atoms with E-state index in [1.54, 1.807) is 0 Å². The Morgan fingerprint density at radius 2 is 1.55 bits per heavy atom. The van der Waals surface area contributed by atoms with Gasteiger partial charge in [0.05, 0.1) is 0 Å². The molecular weight excluding hydrogens is 144 g/mol. The Bertz CT molecular complexity index is 83.0. The SMILES string of the molecule is C1CCCNCC1.NC(=O)O. The fourth-order valence-corrected chi connectivity index (χ4v) is 0.979. The summed E-state index contributed by atoms with van der Waals surface area (Å²) < 4.78 is 0. The molecule has 66 valence electrons. The normalized spacial score (nSPS) is 17.5. The Kier molecular flexibility index (Phi) is 6.82. The van der Waals surface area contributed by atoms with E-state index in [1.807, 2.05) is 0 Å². The van der Waals surface area contributed by atoms with E-state index >= 15 is 0 Å². The zero-order valence-electron chi connectivity index (χ0n) is 6.68. The molecule has 1 aliphatic rings. The summed E-state index contributed by atoms with van der Waals surface area (Å²) in [5, 5.41) is 10.5. The number of primary amides is 1. The smallest absolute Gasteiger partial charge is 0.402 e. The van der Waals surface area contributed by atoms with Crippen molar-refractivity contribution in [1.29, 1.82) is 0 Å². The molecule has 0 bridgehead atoms. The second kappa shape index (κ2) is 7.34. The predicted octanol–water partition coefficient (Wildman–Crippen LogP) is 0.773. The number of rotatable bonds is 0. The number of hydrogen-bond acceptors (Lipinski definition) is 2. The average molecular weight is 160 g/mol. The van der Waals surface area contributed by atoms with Crippen molar-refractivity contribution >= 4 is 6.09 Å². The summed E-state index contributed by atoms with van der Waals surface area (Å²) in [6, 6.07) is 0. The van der Waals surface area contributed by atoms with Gasteiger partial charge in [0, 0.05) is 0 Å². The summed E-state index contributed by atoms with van der Waals surface area (Å²) in [6.07, 6.45) is 4.32. The molecule has 4 nitrogen and oxygen atoms in total. The molecule has 0 aromatic heterocycles. The molecule has 1 heterocycles. The van der Waals surface area contributed by atoms with E-state index in [-0.39, 0.29) is 0 Å². The Morgan fingerprint density at radius 3 is 1.91 bits per heavy atom. The van der Waals surface area contributed by atoms with Crippen molar-refractivity contribution in [2.45, 2.75) is 25.7 Å². The first-order valence-corrected chi connectivity index (χ1v) is 3.92. The van der Waals surface area contributed by atoms with Crippen LogP contribution in [0.2, 0.25) is 0 Å². The molecule has 4 N–H and O–H groups in total. The van der Waals surface area contributed by atoms with E-state index < -0.39 is 6.09 Å². The van der Waals surface area contributed by atoms with Crippen molar-refractivity contribution in [2.75, 3.05) is 13.1 Å². The number of amides is 1. The van der Waals surface area contributed by atoms with Gasteiger partial charge in [-0.1, -0.05) is 12.8 Å². The predicted molar refractivity (Wildman–Crippen MR) is 43.5 cm³/mol. The van der Waals surface area contributed by atoms with Crippen LogP contribution < -0.4 is 11.1 Å². The highest BCUT2D eigenvalue weighted by Gasteiger charge is 1.94. The third-order valence-corrected chi connectivity index (χ3v) is 1.46. The number of hydrogen-bond donors (Lipinski definition) is 3. The third kappa shape index (κ3) is 12.4. The molecule has 1 amide bonds. The highest BCUT2D eigenvalue weighted by molar-refractivity contribution is 5.61. The lowest BCUT2D eigenvalue weighted by molar-refractivity contribution is 0.205. The summed E-state index contributed by atoms with van der Waals surface area (Å²) in [4.78, 5) is 8.78. The van der Waals surface area contributed by atoms with Crippen molar-refractivity contribution in [3.8, 4) is 0 Å². The van der Waals surface area contributed by atoms with Crippen LogP contribution in [0, 0.1) is 0 Å². The molecule has 0 saturated carbocycles. The molecule has 11 heavy (non-hydrogen) atoms. The molecule has 1 saturated heterocycles. The van der Waals surface area contributed by atoms with E-state index in [9.17, 15) is 0 Å². The first-order chi connectivity index (χ1) is 5.23. The van der Waals surface area contributed by atoms with Crippen LogP contribution in [0.1, 0.15) is 25.7 Å². The molecule has 0 aromatic rings. The molecule has 1 fully saturated rings. The van der Waals surface area contributed by atoms with Crippen LogP contribution in [0.25, 0.3) is 0 Å². The summed E-state index contributed by atoms with van der Waals surface area (Å²) in [5.41, 5.74) is 4.03. The van der Waals surface area contributed by atoms with Crippen LogP contribution in [0.5, 0.6) is 0 Å². The molecule has 0 atom stereocenters. The van der Waals surface area contributed by atoms with Crippen molar-refractivity contribution in [3.63, 3.8) is 0 Å². The Balaban J connectivity index is 0.000000218. The van der Waals surface area contributed by atoms with Crippen LogP contribution in [0.4, 0.5) is 4.79 Å². The van der Waals surface area contributed by atoms with E-state index in [4.69, 9.17) is 9.90 Å².